The van der Waals surface area contributed by atoms with Crippen LogP contribution in [0.4, 0.5) is 11.8 Å². The second-order valence-electron chi connectivity index (χ2n) is 10.6. The van der Waals surface area contributed by atoms with Crippen LogP contribution < -0.4 is 10.2 Å². The maximum absolute atomic E-state index is 11.8. The van der Waals surface area contributed by atoms with Crippen LogP contribution in [-0.2, 0) is 17.8 Å². The molecule has 3 heterocycles. The summed E-state index contributed by atoms with van der Waals surface area (Å²) in [6, 6.07) is 11.8. The predicted molar refractivity (Wildman–Crippen MR) is 160 cm³/mol. The molecule has 0 amide bonds. The fraction of sp³-hybridized carbons (Fsp3) is 0.581. The second-order valence-corrected chi connectivity index (χ2v) is 10.6. The van der Waals surface area contributed by atoms with Crippen molar-refractivity contribution in [3.63, 3.8) is 0 Å². The van der Waals surface area contributed by atoms with Crippen LogP contribution in [0.5, 0.6) is 0 Å². The maximum Gasteiger partial charge on any atom is 0.337 e. The van der Waals surface area contributed by atoms with Crippen molar-refractivity contribution in [3.05, 3.63) is 47.5 Å². The van der Waals surface area contributed by atoms with Crippen molar-refractivity contribution >= 4 is 28.9 Å². The summed E-state index contributed by atoms with van der Waals surface area (Å²) >= 11 is 0. The fourth-order valence-corrected chi connectivity index (χ4v) is 5.25. The van der Waals surface area contributed by atoms with Gasteiger partial charge in [-0.3, -0.25) is 4.57 Å². The zero-order valence-electron chi connectivity index (χ0n) is 24.1. The molecular formula is C31H46N6O2. The molecule has 39 heavy (non-hydrogen) atoms. The largest absolute Gasteiger partial charge is 0.465 e. The Kier molecular flexibility index (Phi) is 11.0. The van der Waals surface area contributed by atoms with Gasteiger partial charge in [-0.25, -0.2) is 14.8 Å². The van der Waals surface area contributed by atoms with E-state index in [2.05, 4.69) is 45.7 Å². The number of anilines is 2. The molecule has 0 bridgehead atoms. The number of nitrogens with zero attached hydrogens (tertiary/aromatic N) is 5. The highest BCUT2D eigenvalue weighted by Gasteiger charge is 2.17. The molecule has 0 spiro atoms. The van der Waals surface area contributed by atoms with Gasteiger partial charge in [0.1, 0.15) is 11.3 Å². The highest BCUT2D eigenvalue weighted by molar-refractivity contribution is 5.89. The van der Waals surface area contributed by atoms with Crippen molar-refractivity contribution in [3.8, 4) is 0 Å². The summed E-state index contributed by atoms with van der Waals surface area (Å²) in [5.41, 5.74) is 3.51. The Hall–Kier alpha value is -3.13. The number of fused-ring (bicyclic) bond motifs is 1. The first-order chi connectivity index (χ1) is 19.1. The zero-order chi connectivity index (χ0) is 27.5. The minimum absolute atomic E-state index is 0.321. The number of rotatable bonds is 15. The van der Waals surface area contributed by atoms with Gasteiger partial charge in [0, 0.05) is 26.2 Å². The van der Waals surface area contributed by atoms with Gasteiger partial charge in [-0.2, -0.15) is 0 Å². The van der Waals surface area contributed by atoms with E-state index in [4.69, 9.17) is 14.7 Å². The molecule has 0 radical (unpaired) electrons. The molecule has 2 aromatic heterocycles. The lowest BCUT2D eigenvalue weighted by Crippen LogP contribution is -2.31. The van der Waals surface area contributed by atoms with E-state index in [0.717, 1.165) is 61.1 Å². The molecule has 1 aromatic carbocycles. The van der Waals surface area contributed by atoms with E-state index >= 15 is 0 Å². The van der Waals surface area contributed by atoms with Gasteiger partial charge >= 0.3 is 5.97 Å². The Bertz CT molecular complexity index is 1160. The number of hydrogen-bond donors (Lipinski definition) is 1. The van der Waals surface area contributed by atoms with Gasteiger partial charge in [0.25, 0.3) is 0 Å². The molecule has 212 valence electrons. The number of imidazole rings is 1. The lowest BCUT2D eigenvalue weighted by molar-refractivity contribution is 0.0600. The van der Waals surface area contributed by atoms with Crippen LogP contribution in [0.25, 0.3) is 11.2 Å². The number of aromatic nitrogens is 3. The number of carbonyl (C=O) groups is 1. The van der Waals surface area contributed by atoms with E-state index in [0.29, 0.717) is 12.1 Å². The number of piperidine rings is 1. The Labute approximate surface area is 233 Å². The van der Waals surface area contributed by atoms with Crippen LogP contribution in [0.3, 0.4) is 0 Å². The average molecular weight is 535 g/mol. The van der Waals surface area contributed by atoms with E-state index in [-0.39, 0.29) is 5.97 Å². The molecule has 0 aliphatic carbocycles. The zero-order valence-corrected chi connectivity index (χ0v) is 24.1. The molecule has 1 N–H and O–H groups in total. The summed E-state index contributed by atoms with van der Waals surface area (Å²) in [6.45, 7) is 11.6. The quantitative estimate of drug-likeness (QED) is 0.236. The van der Waals surface area contributed by atoms with Crippen molar-refractivity contribution in [2.45, 2.75) is 78.3 Å². The summed E-state index contributed by atoms with van der Waals surface area (Å²) in [7, 11) is 1.40. The molecule has 1 aliphatic rings. The molecule has 0 atom stereocenters. The first-order valence-corrected chi connectivity index (χ1v) is 14.9. The van der Waals surface area contributed by atoms with E-state index in [1.165, 1.54) is 65.1 Å². The van der Waals surface area contributed by atoms with Crippen molar-refractivity contribution in [1.29, 1.82) is 0 Å². The van der Waals surface area contributed by atoms with E-state index in [9.17, 15) is 4.79 Å². The lowest BCUT2D eigenvalue weighted by atomic mass is 10.1. The van der Waals surface area contributed by atoms with Crippen LogP contribution in [0.2, 0.25) is 0 Å². The Morgan fingerprint density at radius 3 is 2.31 bits per heavy atom. The second kappa shape index (κ2) is 14.9. The van der Waals surface area contributed by atoms with Gasteiger partial charge in [-0.1, -0.05) is 45.2 Å². The highest BCUT2D eigenvalue weighted by Crippen LogP contribution is 2.24. The number of esters is 1. The van der Waals surface area contributed by atoms with Crippen LogP contribution >= 0.6 is 0 Å². The fourth-order valence-electron chi connectivity index (χ4n) is 5.25. The van der Waals surface area contributed by atoms with E-state index in [1.54, 1.807) is 12.1 Å². The normalized spacial score (nSPS) is 14.0. The van der Waals surface area contributed by atoms with Gasteiger partial charge in [0.2, 0.25) is 5.95 Å². The van der Waals surface area contributed by atoms with Gasteiger partial charge in [0.05, 0.1) is 12.7 Å². The molecule has 1 fully saturated rings. The molecule has 0 unspecified atom stereocenters. The average Bonchev–Trinajstić information content (AvgIpc) is 3.33. The Balaban J connectivity index is 1.55. The third-order valence-corrected chi connectivity index (χ3v) is 7.60. The van der Waals surface area contributed by atoms with E-state index in [1.807, 2.05) is 12.1 Å². The molecule has 3 aromatic rings. The van der Waals surface area contributed by atoms with Gasteiger partial charge < -0.3 is 19.9 Å². The molecule has 1 saturated heterocycles. The van der Waals surface area contributed by atoms with Crippen LogP contribution in [0, 0.1) is 0 Å². The third kappa shape index (κ3) is 7.94. The van der Waals surface area contributed by atoms with Gasteiger partial charge in [-0.05, 0) is 81.6 Å². The number of unbranched alkanes of at least 4 members (excludes halogenated alkanes) is 2. The van der Waals surface area contributed by atoms with Crippen molar-refractivity contribution in [2.75, 3.05) is 50.1 Å². The third-order valence-electron chi connectivity index (χ3n) is 7.60. The minimum Gasteiger partial charge on any atom is -0.465 e. The summed E-state index contributed by atoms with van der Waals surface area (Å²) in [6.07, 6.45) is 9.73. The number of methoxy groups -OCH3 is 1. The number of benzene rings is 1. The van der Waals surface area contributed by atoms with Gasteiger partial charge in [-0.15, -0.1) is 0 Å². The Morgan fingerprint density at radius 1 is 0.923 bits per heavy atom. The first kappa shape index (κ1) is 28.9. The number of pyridine rings is 1. The maximum atomic E-state index is 11.8. The summed E-state index contributed by atoms with van der Waals surface area (Å²) in [5, 5.41) is 3.56. The molecule has 8 heteroatoms. The van der Waals surface area contributed by atoms with Crippen LogP contribution in [0.15, 0.2) is 36.4 Å². The highest BCUT2D eigenvalue weighted by atomic mass is 16.5. The van der Waals surface area contributed by atoms with Crippen molar-refractivity contribution < 1.29 is 9.53 Å². The summed E-state index contributed by atoms with van der Waals surface area (Å²) < 4.78 is 7.09. The number of carbonyl (C=O) groups excluding carboxylic acids is 1. The summed E-state index contributed by atoms with van der Waals surface area (Å²) in [5.74, 6) is 1.57. The Morgan fingerprint density at radius 2 is 1.64 bits per heavy atom. The number of hydrogen-bond acceptors (Lipinski definition) is 7. The molecular weight excluding hydrogens is 488 g/mol. The number of ether oxygens (including phenoxy) is 1. The van der Waals surface area contributed by atoms with Crippen LogP contribution in [0.1, 0.15) is 81.1 Å². The number of likely N-dealkylation sites (tertiary alicyclic amines) is 1. The molecule has 1 aliphatic heterocycles. The SMILES string of the molecule is CCCCN(CCCC)c1ccc2nc(NCc3ccc(C(=O)OC)cc3)n(CCCN3CCCCC3)c2n1. The summed E-state index contributed by atoms with van der Waals surface area (Å²) in [4.78, 5) is 27.0. The monoisotopic (exact) mass is 534 g/mol. The van der Waals surface area contributed by atoms with Gasteiger partial charge in [0.15, 0.2) is 5.65 Å². The molecule has 8 nitrogen and oxygen atoms in total. The smallest absolute Gasteiger partial charge is 0.337 e. The number of nitrogens with one attached hydrogen (secondary N) is 1. The molecule has 0 saturated carbocycles. The minimum atomic E-state index is -0.321. The lowest BCUT2D eigenvalue weighted by Gasteiger charge is -2.26. The first-order valence-electron chi connectivity index (χ1n) is 14.9. The van der Waals surface area contributed by atoms with Crippen LogP contribution in [-0.4, -0.2) is 65.2 Å². The standard InChI is InChI=1S/C31H46N6O2/c1-4-6-21-36(22-7-5-2)28-17-16-27-29(34-28)37(23-11-20-35-18-9-8-10-19-35)31(33-27)32-24-25-12-14-26(15-13-25)30(38)39-3/h12-17H,4-11,18-24H2,1-3H3,(H,32,33). The molecule has 4 rings (SSSR count). The topological polar surface area (TPSA) is 75.5 Å². The van der Waals surface area contributed by atoms with E-state index < -0.39 is 0 Å². The van der Waals surface area contributed by atoms with Crippen molar-refractivity contribution in [1.82, 2.24) is 19.4 Å². The number of aryl methyl sites for hydroxylation is 1. The predicted octanol–water partition coefficient (Wildman–Crippen LogP) is 6.11. The van der Waals surface area contributed by atoms with Crippen molar-refractivity contribution in [2.24, 2.45) is 0 Å².